The summed E-state index contributed by atoms with van der Waals surface area (Å²) in [4.78, 5) is 19.2. The molecule has 6 nitrogen and oxygen atoms in total. The summed E-state index contributed by atoms with van der Waals surface area (Å²) in [7, 11) is 1.65. The number of benzene rings is 2. The molecular weight excluding hydrogens is 452 g/mol. The zero-order valence-corrected chi connectivity index (χ0v) is 21.1. The Hall–Kier alpha value is -2.84. The fourth-order valence-corrected chi connectivity index (χ4v) is 6.08. The Labute approximate surface area is 202 Å². The Morgan fingerprint density at radius 1 is 1.33 bits per heavy atom. The molecule has 0 aliphatic carbocycles. The predicted molar refractivity (Wildman–Crippen MR) is 140 cm³/mol. The van der Waals surface area contributed by atoms with E-state index in [-0.39, 0.29) is 17.2 Å². The van der Waals surface area contributed by atoms with Gasteiger partial charge in [-0.25, -0.2) is 10.4 Å². The lowest BCUT2D eigenvalue weighted by atomic mass is 9.88. The van der Waals surface area contributed by atoms with Gasteiger partial charge in [0.25, 0.3) is 5.91 Å². The van der Waals surface area contributed by atoms with E-state index in [0.29, 0.717) is 0 Å². The standard InChI is InChI=1S/C25H28N4O2S2/c1-6-29-20-12-21(31-5)17(11-18(20)16(2)13-25(29,3)4)14-26-28-23(30)15-32-24-27-19-9-7-8-10-22(19)33-24/h7-14H,6,15H2,1-5H3,(H,28,30)/b26-14+. The number of ether oxygens (including phenoxy) is 1. The third-order valence-corrected chi connectivity index (χ3v) is 7.82. The molecule has 172 valence electrons. The van der Waals surface area contributed by atoms with E-state index in [9.17, 15) is 4.79 Å². The molecule has 1 aromatic heterocycles. The van der Waals surface area contributed by atoms with Crippen molar-refractivity contribution in [2.45, 2.75) is 37.6 Å². The van der Waals surface area contributed by atoms with Gasteiger partial charge in [0.2, 0.25) is 0 Å². The molecular formula is C25H28N4O2S2. The van der Waals surface area contributed by atoms with Crippen molar-refractivity contribution in [2.75, 3.05) is 24.3 Å². The number of rotatable bonds is 7. The first-order valence-electron chi connectivity index (χ1n) is 10.8. The van der Waals surface area contributed by atoms with Gasteiger partial charge in [-0.3, -0.25) is 4.79 Å². The molecule has 0 atom stereocenters. The van der Waals surface area contributed by atoms with Crippen LogP contribution in [0.5, 0.6) is 5.75 Å². The number of para-hydroxylation sites is 1. The van der Waals surface area contributed by atoms with Crippen LogP contribution < -0.4 is 15.1 Å². The van der Waals surface area contributed by atoms with Gasteiger partial charge < -0.3 is 9.64 Å². The van der Waals surface area contributed by atoms with Gasteiger partial charge in [-0.05, 0) is 51.5 Å². The Balaban J connectivity index is 1.45. The Morgan fingerprint density at radius 3 is 2.85 bits per heavy atom. The molecule has 4 rings (SSSR count). The van der Waals surface area contributed by atoms with E-state index in [1.54, 1.807) is 24.7 Å². The Morgan fingerprint density at radius 2 is 2.12 bits per heavy atom. The van der Waals surface area contributed by atoms with Crippen LogP contribution in [0.2, 0.25) is 0 Å². The van der Waals surface area contributed by atoms with Crippen molar-refractivity contribution in [1.29, 1.82) is 0 Å². The summed E-state index contributed by atoms with van der Waals surface area (Å²) in [6, 6.07) is 12.1. The SMILES string of the molecule is CCN1c2cc(OC)c(/C=N/NC(=O)CSc3nc4ccccc4s3)cc2C(C)=CC1(C)C. The van der Waals surface area contributed by atoms with Crippen molar-refractivity contribution >= 4 is 56.7 Å². The minimum absolute atomic E-state index is 0.0681. The van der Waals surface area contributed by atoms with Crippen LogP contribution in [0.25, 0.3) is 15.8 Å². The van der Waals surface area contributed by atoms with Gasteiger partial charge in [-0.1, -0.05) is 30.0 Å². The summed E-state index contributed by atoms with van der Waals surface area (Å²) in [5.41, 5.74) is 7.83. The van der Waals surface area contributed by atoms with Gasteiger partial charge in [0.1, 0.15) is 5.75 Å². The monoisotopic (exact) mass is 480 g/mol. The second-order valence-corrected chi connectivity index (χ2v) is 10.6. The van der Waals surface area contributed by atoms with Crippen molar-refractivity contribution in [1.82, 2.24) is 10.4 Å². The third-order valence-electron chi connectivity index (χ3n) is 5.64. The molecule has 0 spiro atoms. The van der Waals surface area contributed by atoms with Crippen molar-refractivity contribution in [3.63, 3.8) is 0 Å². The zero-order chi connectivity index (χ0) is 23.6. The van der Waals surface area contributed by atoms with Crippen molar-refractivity contribution < 1.29 is 9.53 Å². The second kappa shape index (κ2) is 9.57. The Bertz CT molecular complexity index is 1210. The summed E-state index contributed by atoms with van der Waals surface area (Å²) in [5.74, 6) is 0.794. The fourth-order valence-electron chi connectivity index (χ4n) is 4.22. The molecule has 0 radical (unpaired) electrons. The highest BCUT2D eigenvalue weighted by Gasteiger charge is 2.31. The zero-order valence-electron chi connectivity index (χ0n) is 19.5. The van der Waals surface area contributed by atoms with E-state index in [0.717, 1.165) is 43.7 Å². The van der Waals surface area contributed by atoms with E-state index < -0.39 is 0 Å². The molecule has 2 heterocycles. The van der Waals surface area contributed by atoms with Gasteiger partial charge in [-0.15, -0.1) is 11.3 Å². The topological polar surface area (TPSA) is 66.8 Å². The molecule has 0 bridgehead atoms. The number of amides is 1. The number of aromatic nitrogens is 1. The number of thioether (sulfide) groups is 1. The van der Waals surface area contributed by atoms with E-state index in [2.05, 4.69) is 66.3 Å². The van der Waals surface area contributed by atoms with Crippen LogP contribution in [-0.4, -0.2) is 42.1 Å². The van der Waals surface area contributed by atoms with E-state index in [1.807, 2.05) is 24.3 Å². The lowest BCUT2D eigenvalue weighted by Gasteiger charge is -2.43. The van der Waals surface area contributed by atoms with Gasteiger partial charge >= 0.3 is 0 Å². The number of hydrogen-bond acceptors (Lipinski definition) is 7. The second-order valence-electron chi connectivity index (χ2n) is 8.37. The summed E-state index contributed by atoms with van der Waals surface area (Å²) in [6.45, 7) is 9.61. The Kier molecular flexibility index (Phi) is 6.76. The molecule has 1 amide bonds. The highest BCUT2D eigenvalue weighted by Crippen LogP contribution is 2.41. The van der Waals surface area contributed by atoms with Crippen LogP contribution in [-0.2, 0) is 4.79 Å². The molecule has 0 unspecified atom stereocenters. The van der Waals surface area contributed by atoms with Gasteiger partial charge in [0, 0.05) is 29.4 Å². The maximum absolute atomic E-state index is 12.3. The lowest BCUT2D eigenvalue weighted by molar-refractivity contribution is -0.118. The minimum Gasteiger partial charge on any atom is -0.496 e. The molecule has 0 fully saturated rings. The number of hydrazone groups is 1. The molecule has 33 heavy (non-hydrogen) atoms. The number of allylic oxidation sites excluding steroid dienone is 1. The number of methoxy groups -OCH3 is 1. The van der Waals surface area contributed by atoms with Crippen molar-refractivity contribution in [2.24, 2.45) is 5.10 Å². The molecule has 1 aliphatic heterocycles. The number of hydrogen-bond donors (Lipinski definition) is 1. The fraction of sp³-hybridized carbons (Fsp3) is 0.320. The van der Waals surface area contributed by atoms with E-state index in [4.69, 9.17) is 4.74 Å². The first-order chi connectivity index (χ1) is 15.8. The quantitative estimate of drug-likeness (QED) is 0.272. The number of likely N-dealkylation sites (N-methyl/N-ethyl adjacent to an activating group) is 1. The summed E-state index contributed by atoms with van der Waals surface area (Å²) >= 11 is 3.00. The van der Waals surface area contributed by atoms with Gasteiger partial charge in [0.15, 0.2) is 4.34 Å². The first kappa shape index (κ1) is 23.3. The summed E-state index contributed by atoms with van der Waals surface area (Å²) in [6.07, 6.45) is 3.93. The maximum atomic E-state index is 12.3. The van der Waals surface area contributed by atoms with Crippen LogP contribution in [0, 0.1) is 0 Å². The number of carbonyl (C=O) groups is 1. The van der Waals surface area contributed by atoms with Gasteiger partial charge in [-0.2, -0.15) is 5.10 Å². The van der Waals surface area contributed by atoms with Crippen molar-refractivity contribution in [3.05, 3.63) is 53.6 Å². The summed E-state index contributed by atoms with van der Waals surface area (Å²) in [5, 5.41) is 4.18. The smallest absolute Gasteiger partial charge is 0.250 e. The van der Waals surface area contributed by atoms with Crippen LogP contribution in [0.3, 0.4) is 0 Å². The number of carbonyl (C=O) groups excluding carboxylic acids is 1. The number of nitrogens with one attached hydrogen (secondary N) is 1. The lowest BCUT2D eigenvalue weighted by Crippen LogP contribution is -2.44. The largest absolute Gasteiger partial charge is 0.496 e. The number of anilines is 1. The van der Waals surface area contributed by atoms with E-state index in [1.165, 1.54) is 17.3 Å². The summed E-state index contributed by atoms with van der Waals surface area (Å²) < 4.78 is 7.63. The molecule has 1 aliphatic rings. The molecule has 1 N–H and O–H groups in total. The number of thiazole rings is 1. The number of fused-ring (bicyclic) bond motifs is 2. The predicted octanol–water partition coefficient (Wildman–Crippen LogP) is 5.57. The van der Waals surface area contributed by atoms with Crippen molar-refractivity contribution in [3.8, 4) is 5.75 Å². The molecule has 0 saturated carbocycles. The molecule has 0 saturated heterocycles. The normalized spacial score (nSPS) is 14.9. The average Bonchev–Trinajstić information content (AvgIpc) is 3.20. The molecule has 8 heteroatoms. The average molecular weight is 481 g/mol. The third kappa shape index (κ3) is 4.91. The minimum atomic E-state index is -0.178. The maximum Gasteiger partial charge on any atom is 0.250 e. The van der Waals surface area contributed by atoms with Crippen LogP contribution >= 0.6 is 23.1 Å². The van der Waals surface area contributed by atoms with E-state index >= 15 is 0 Å². The molecule has 3 aromatic rings. The van der Waals surface area contributed by atoms with Crippen LogP contribution in [0.4, 0.5) is 5.69 Å². The van der Waals surface area contributed by atoms with Gasteiger partial charge in [0.05, 0.1) is 34.8 Å². The van der Waals surface area contributed by atoms with Crippen LogP contribution in [0.1, 0.15) is 38.8 Å². The highest BCUT2D eigenvalue weighted by molar-refractivity contribution is 8.01. The number of nitrogens with zero attached hydrogens (tertiary/aromatic N) is 3. The van der Waals surface area contributed by atoms with Crippen LogP contribution in [0.15, 0.2) is 51.9 Å². The molecule has 2 aromatic carbocycles. The highest BCUT2D eigenvalue weighted by atomic mass is 32.2. The first-order valence-corrected chi connectivity index (χ1v) is 12.6.